The summed E-state index contributed by atoms with van der Waals surface area (Å²) in [7, 11) is 0.453. The second-order valence-corrected chi connectivity index (χ2v) is 11.5. The standard InChI is InChI=1S/C18H29OS/c1-16-7-14-8-17(2,11-16)13-18(9-14,12-16)15(19)10-20-5-3-4-6-20/h14H,3-13H2,1-2H3/q+1. The predicted octanol–water partition coefficient (Wildman–Crippen LogP) is 3.96. The molecule has 5 rings (SSSR count). The summed E-state index contributed by atoms with van der Waals surface area (Å²) >= 11 is 0. The Bertz CT molecular complexity index is 419. The Kier molecular flexibility index (Phi) is 2.92. The van der Waals surface area contributed by atoms with Crippen molar-refractivity contribution in [2.75, 3.05) is 17.3 Å². The van der Waals surface area contributed by atoms with E-state index < -0.39 is 0 Å². The second kappa shape index (κ2) is 4.27. The first-order valence-electron chi connectivity index (χ1n) is 8.58. The maximum Gasteiger partial charge on any atom is 0.187 e. The van der Waals surface area contributed by atoms with Crippen LogP contribution in [0.5, 0.6) is 0 Å². The van der Waals surface area contributed by atoms with E-state index in [9.17, 15) is 4.79 Å². The highest BCUT2D eigenvalue weighted by molar-refractivity contribution is 7.97. The van der Waals surface area contributed by atoms with Crippen molar-refractivity contribution >= 4 is 16.7 Å². The summed E-state index contributed by atoms with van der Waals surface area (Å²) in [5.41, 5.74) is 1.09. The van der Waals surface area contributed by atoms with E-state index >= 15 is 0 Å². The van der Waals surface area contributed by atoms with Crippen molar-refractivity contribution in [2.45, 2.75) is 65.2 Å². The third-order valence-corrected chi connectivity index (χ3v) is 9.07. The lowest BCUT2D eigenvalue weighted by Crippen LogP contribution is -2.58. The van der Waals surface area contributed by atoms with Gasteiger partial charge in [-0.2, -0.15) is 0 Å². The second-order valence-electron chi connectivity index (χ2n) is 9.21. The fourth-order valence-corrected chi connectivity index (χ4v) is 9.35. The summed E-state index contributed by atoms with van der Waals surface area (Å²) in [6.45, 7) is 4.96. The molecule has 0 spiro atoms. The summed E-state index contributed by atoms with van der Waals surface area (Å²) in [6, 6.07) is 0. The van der Waals surface area contributed by atoms with Gasteiger partial charge in [-0.1, -0.05) is 13.8 Å². The van der Waals surface area contributed by atoms with Crippen LogP contribution in [-0.4, -0.2) is 23.0 Å². The quantitative estimate of drug-likeness (QED) is 0.720. The van der Waals surface area contributed by atoms with Crippen LogP contribution in [0.3, 0.4) is 0 Å². The number of hydrogen-bond donors (Lipinski definition) is 0. The summed E-state index contributed by atoms with van der Waals surface area (Å²) < 4.78 is 0. The van der Waals surface area contributed by atoms with E-state index in [1.807, 2.05) is 0 Å². The highest BCUT2D eigenvalue weighted by Gasteiger charge is 2.63. The van der Waals surface area contributed by atoms with Gasteiger partial charge in [-0.25, -0.2) is 0 Å². The largest absolute Gasteiger partial charge is 0.294 e. The van der Waals surface area contributed by atoms with Gasteiger partial charge in [-0.3, -0.25) is 4.79 Å². The van der Waals surface area contributed by atoms with E-state index in [2.05, 4.69) is 13.8 Å². The molecular formula is C18H29OS+. The van der Waals surface area contributed by atoms with E-state index in [1.54, 1.807) is 0 Å². The fraction of sp³-hybridized carbons (Fsp3) is 0.944. The SMILES string of the molecule is CC12CC3CC(C)(C1)CC(C(=O)C[S+]1CCCC1)(C3)C2. The van der Waals surface area contributed by atoms with E-state index in [4.69, 9.17) is 0 Å². The van der Waals surface area contributed by atoms with Gasteiger partial charge in [0, 0.05) is 5.41 Å². The third kappa shape index (κ3) is 2.09. The summed E-state index contributed by atoms with van der Waals surface area (Å²) in [5, 5.41) is 0. The molecular weight excluding hydrogens is 264 g/mol. The van der Waals surface area contributed by atoms with Crippen LogP contribution in [0.4, 0.5) is 0 Å². The molecule has 0 aromatic heterocycles. The smallest absolute Gasteiger partial charge is 0.187 e. The van der Waals surface area contributed by atoms with Crippen LogP contribution in [0.15, 0.2) is 0 Å². The number of Topliss-reactive ketones (excluding diaryl/α,β-unsaturated/α-hetero) is 1. The van der Waals surface area contributed by atoms with Crippen LogP contribution in [0.1, 0.15) is 65.2 Å². The third-order valence-electron chi connectivity index (χ3n) is 6.67. The van der Waals surface area contributed by atoms with Crippen molar-refractivity contribution in [1.29, 1.82) is 0 Å². The zero-order valence-corrected chi connectivity index (χ0v) is 14.0. The Morgan fingerprint density at radius 3 is 2.15 bits per heavy atom. The van der Waals surface area contributed by atoms with Gasteiger partial charge in [0.1, 0.15) is 11.5 Å². The molecule has 1 saturated heterocycles. The number of rotatable bonds is 3. The Balaban J connectivity index is 1.58. The Morgan fingerprint density at radius 2 is 1.60 bits per heavy atom. The molecule has 0 aromatic rings. The minimum absolute atomic E-state index is 0.110. The molecule has 20 heavy (non-hydrogen) atoms. The van der Waals surface area contributed by atoms with Crippen molar-refractivity contribution in [3.63, 3.8) is 0 Å². The molecule has 1 heterocycles. The summed E-state index contributed by atoms with van der Waals surface area (Å²) in [4.78, 5) is 13.1. The lowest BCUT2D eigenvalue weighted by Gasteiger charge is -2.64. The normalized spacial score (nSPS) is 50.8. The monoisotopic (exact) mass is 293 g/mol. The first-order chi connectivity index (χ1) is 9.41. The van der Waals surface area contributed by atoms with Crippen molar-refractivity contribution in [1.82, 2.24) is 0 Å². The molecule has 0 amide bonds. The van der Waals surface area contributed by atoms with Crippen LogP contribution >= 0.6 is 0 Å². The zero-order chi connectivity index (χ0) is 14.0. The van der Waals surface area contributed by atoms with Crippen molar-refractivity contribution in [2.24, 2.45) is 22.2 Å². The maximum absolute atomic E-state index is 13.1. The molecule has 0 aromatic carbocycles. The van der Waals surface area contributed by atoms with Crippen molar-refractivity contribution in [3.05, 3.63) is 0 Å². The molecule has 2 atom stereocenters. The average Bonchev–Trinajstić information content (AvgIpc) is 2.76. The average molecular weight is 293 g/mol. The molecule has 2 heteroatoms. The van der Waals surface area contributed by atoms with Gasteiger partial charge in [0.05, 0.1) is 0 Å². The zero-order valence-electron chi connectivity index (χ0n) is 13.2. The Hall–Kier alpha value is 0.0200. The molecule has 112 valence electrons. The molecule has 5 fully saturated rings. The van der Waals surface area contributed by atoms with Gasteiger partial charge >= 0.3 is 0 Å². The van der Waals surface area contributed by atoms with Gasteiger partial charge in [-0.15, -0.1) is 0 Å². The van der Waals surface area contributed by atoms with Gasteiger partial charge in [0.2, 0.25) is 0 Å². The van der Waals surface area contributed by atoms with Gasteiger partial charge in [-0.05, 0) is 79.0 Å². The molecule has 4 aliphatic carbocycles. The van der Waals surface area contributed by atoms with Gasteiger partial charge in [0.15, 0.2) is 11.5 Å². The highest BCUT2D eigenvalue weighted by atomic mass is 32.2. The van der Waals surface area contributed by atoms with E-state index in [-0.39, 0.29) is 5.41 Å². The number of carbonyl (C=O) groups excluding carboxylic acids is 1. The minimum Gasteiger partial charge on any atom is -0.294 e. The molecule has 1 nitrogen and oxygen atoms in total. The molecule has 0 radical (unpaired) electrons. The summed E-state index contributed by atoms with van der Waals surface area (Å²) in [5.74, 6) is 5.18. The lowest BCUT2D eigenvalue weighted by molar-refractivity contribution is -0.165. The molecule has 5 aliphatic rings. The molecule has 4 saturated carbocycles. The van der Waals surface area contributed by atoms with Crippen LogP contribution in [-0.2, 0) is 15.7 Å². The van der Waals surface area contributed by atoms with Crippen molar-refractivity contribution < 1.29 is 4.79 Å². The number of hydrogen-bond acceptors (Lipinski definition) is 1. The van der Waals surface area contributed by atoms with Crippen LogP contribution in [0.2, 0.25) is 0 Å². The van der Waals surface area contributed by atoms with E-state index in [1.165, 1.54) is 62.9 Å². The number of ketones is 1. The van der Waals surface area contributed by atoms with Crippen LogP contribution in [0.25, 0.3) is 0 Å². The lowest BCUT2D eigenvalue weighted by atomic mass is 9.40. The topological polar surface area (TPSA) is 17.1 Å². The van der Waals surface area contributed by atoms with Gasteiger partial charge in [0.25, 0.3) is 0 Å². The molecule has 4 bridgehead atoms. The highest BCUT2D eigenvalue weighted by Crippen LogP contribution is 2.69. The van der Waals surface area contributed by atoms with Gasteiger partial charge < -0.3 is 0 Å². The van der Waals surface area contributed by atoms with E-state index in [0.29, 0.717) is 27.5 Å². The predicted molar refractivity (Wildman–Crippen MR) is 86.0 cm³/mol. The first-order valence-corrected chi connectivity index (χ1v) is 10.3. The maximum atomic E-state index is 13.1. The molecule has 2 unspecified atom stereocenters. The Morgan fingerprint density at radius 1 is 1.00 bits per heavy atom. The fourth-order valence-electron chi connectivity index (χ4n) is 6.96. The molecule has 1 aliphatic heterocycles. The minimum atomic E-state index is 0.110. The Labute approximate surface area is 126 Å². The summed E-state index contributed by atoms with van der Waals surface area (Å²) in [6.07, 6.45) is 10.6. The number of carbonyl (C=O) groups is 1. The van der Waals surface area contributed by atoms with E-state index in [0.717, 1.165) is 11.7 Å². The van der Waals surface area contributed by atoms with Crippen LogP contribution < -0.4 is 0 Å². The van der Waals surface area contributed by atoms with Crippen molar-refractivity contribution in [3.8, 4) is 0 Å². The van der Waals surface area contributed by atoms with Crippen LogP contribution in [0, 0.1) is 22.2 Å². The molecule has 0 N–H and O–H groups in total. The first kappa shape index (κ1) is 13.7.